The number of amides is 2. The molecule has 0 unspecified atom stereocenters. The van der Waals surface area contributed by atoms with Crippen LogP contribution < -0.4 is 10.6 Å². The molecule has 0 radical (unpaired) electrons. The van der Waals surface area contributed by atoms with Crippen molar-refractivity contribution < 1.29 is 19.5 Å². The molecule has 0 saturated heterocycles. The van der Waals surface area contributed by atoms with E-state index in [1.165, 1.54) is 6.92 Å². The summed E-state index contributed by atoms with van der Waals surface area (Å²) in [6.07, 6.45) is 2.64. The molecule has 0 aliphatic heterocycles. The van der Waals surface area contributed by atoms with Crippen LogP contribution in [0.25, 0.3) is 0 Å². The van der Waals surface area contributed by atoms with E-state index in [1.807, 2.05) is 0 Å². The minimum atomic E-state index is -1.13. The maximum atomic E-state index is 11.8. The van der Waals surface area contributed by atoms with Gasteiger partial charge in [0, 0.05) is 19.9 Å². The van der Waals surface area contributed by atoms with Gasteiger partial charge in [0.25, 0.3) is 0 Å². The van der Waals surface area contributed by atoms with Gasteiger partial charge in [0.2, 0.25) is 11.8 Å². The molecule has 1 aliphatic carbocycles. The van der Waals surface area contributed by atoms with Crippen molar-refractivity contribution in [3.63, 3.8) is 0 Å². The summed E-state index contributed by atoms with van der Waals surface area (Å²) in [5, 5.41) is 14.5. The Morgan fingerprint density at radius 3 is 2.32 bits per heavy atom. The van der Waals surface area contributed by atoms with Crippen molar-refractivity contribution in [3.05, 3.63) is 0 Å². The van der Waals surface area contributed by atoms with E-state index in [9.17, 15) is 19.5 Å². The summed E-state index contributed by atoms with van der Waals surface area (Å²) in [6, 6.07) is 0. The molecule has 0 heterocycles. The van der Waals surface area contributed by atoms with Gasteiger partial charge < -0.3 is 15.7 Å². The fraction of sp³-hybridized carbons (Fsp3) is 0.769. The molecule has 2 amide bonds. The molecule has 0 atom stereocenters. The van der Waals surface area contributed by atoms with Gasteiger partial charge in [-0.15, -0.1) is 0 Å². The van der Waals surface area contributed by atoms with Crippen molar-refractivity contribution in [2.24, 2.45) is 5.92 Å². The number of carboxylic acids is 1. The third kappa shape index (κ3) is 4.54. The first-order valence-corrected chi connectivity index (χ1v) is 6.64. The third-order valence-electron chi connectivity index (χ3n) is 3.64. The van der Waals surface area contributed by atoms with E-state index in [4.69, 9.17) is 0 Å². The lowest BCUT2D eigenvalue weighted by Gasteiger charge is -2.36. The summed E-state index contributed by atoms with van der Waals surface area (Å²) in [4.78, 5) is 33.9. The lowest BCUT2D eigenvalue weighted by Crippen LogP contribution is -2.56. The number of rotatable bonds is 5. The Hall–Kier alpha value is -1.59. The van der Waals surface area contributed by atoms with Crippen LogP contribution in [0.2, 0.25) is 0 Å². The number of carbonyl (C=O) groups excluding carboxylic acids is 2. The van der Waals surface area contributed by atoms with Crippen LogP contribution in [0.1, 0.15) is 46.0 Å². The average molecular weight is 270 g/mol. The van der Waals surface area contributed by atoms with Crippen molar-refractivity contribution in [1.82, 2.24) is 10.6 Å². The third-order valence-corrected chi connectivity index (χ3v) is 3.64. The molecule has 3 N–H and O–H groups in total. The van der Waals surface area contributed by atoms with Gasteiger partial charge in [-0.2, -0.15) is 0 Å². The molecule has 0 aromatic carbocycles. The Morgan fingerprint density at radius 1 is 1.26 bits per heavy atom. The molecule has 1 rings (SSSR count). The fourth-order valence-corrected chi connectivity index (χ4v) is 2.33. The zero-order valence-electron chi connectivity index (χ0n) is 11.5. The maximum Gasteiger partial charge on any atom is 0.329 e. The van der Waals surface area contributed by atoms with Crippen molar-refractivity contribution in [3.8, 4) is 0 Å². The first kappa shape index (κ1) is 15.5. The van der Waals surface area contributed by atoms with E-state index in [0.29, 0.717) is 18.8 Å². The van der Waals surface area contributed by atoms with Gasteiger partial charge >= 0.3 is 5.97 Å². The Bertz CT molecular complexity index is 360. The molecule has 1 aliphatic rings. The molecule has 19 heavy (non-hydrogen) atoms. The van der Waals surface area contributed by atoms with Crippen LogP contribution in [0.15, 0.2) is 0 Å². The van der Waals surface area contributed by atoms with Gasteiger partial charge in [0.1, 0.15) is 5.54 Å². The summed E-state index contributed by atoms with van der Waals surface area (Å²) in [7, 11) is 0. The van der Waals surface area contributed by atoms with Crippen LogP contribution in [0.4, 0.5) is 0 Å². The molecule has 0 aromatic rings. The fourth-order valence-electron chi connectivity index (χ4n) is 2.33. The number of hydrogen-bond acceptors (Lipinski definition) is 3. The van der Waals surface area contributed by atoms with Crippen molar-refractivity contribution in [1.29, 1.82) is 0 Å². The van der Waals surface area contributed by atoms with E-state index in [2.05, 4.69) is 17.6 Å². The second kappa shape index (κ2) is 6.54. The second-order valence-electron chi connectivity index (χ2n) is 5.35. The molecular formula is C13H22N2O4. The van der Waals surface area contributed by atoms with Gasteiger partial charge in [-0.3, -0.25) is 9.59 Å². The zero-order valence-corrected chi connectivity index (χ0v) is 11.5. The lowest BCUT2D eigenvalue weighted by molar-refractivity contribution is -0.149. The normalized spacial score (nSPS) is 26.5. The number of carbonyl (C=O) groups is 3. The summed E-state index contributed by atoms with van der Waals surface area (Å²) < 4.78 is 0. The molecule has 108 valence electrons. The van der Waals surface area contributed by atoms with Crippen molar-refractivity contribution >= 4 is 17.8 Å². The summed E-state index contributed by atoms with van der Waals surface area (Å²) in [5.41, 5.74) is -1.13. The predicted octanol–water partition coefficient (Wildman–Crippen LogP) is 0.662. The van der Waals surface area contributed by atoms with Gasteiger partial charge in [0.15, 0.2) is 0 Å². The first-order valence-electron chi connectivity index (χ1n) is 6.64. The second-order valence-corrected chi connectivity index (χ2v) is 5.35. The first-order chi connectivity index (χ1) is 8.85. The smallest absolute Gasteiger partial charge is 0.329 e. The zero-order chi connectivity index (χ0) is 14.5. The van der Waals surface area contributed by atoms with E-state index in [0.717, 1.165) is 12.8 Å². The molecule has 6 heteroatoms. The van der Waals surface area contributed by atoms with E-state index < -0.39 is 11.5 Å². The van der Waals surface area contributed by atoms with Crippen LogP contribution in [0.3, 0.4) is 0 Å². The van der Waals surface area contributed by atoms with Crippen LogP contribution in [0.5, 0.6) is 0 Å². The molecule has 1 fully saturated rings. The predicted molar refractivity (Wildman–Crippen MR) is 69.4 cm³/mol. The van der Waals surface area contributed by atoms with Gasteiger partial charge in [-0.05, 0) is 31.6 Å². The standard InChI is InChI=1S/C13H22N2O4/c1-9-3-6-13(7-4-9,12(18)19)15-11(17)5-8-14-10(2)16/h9H,3-8H2,1-2H3,(H,14,16)(H,15,17)(H,18,19). The minimum absolute atomic E-state index is 0.101. The Morgan fingerprint density at radius 2 is 1.84 bits per heavy atom. The average Bonchev–Trinajstić information content (AvgIpc) is 2.31. The number of hydrogen-bond donors (Lipinski definition) is 3. The summed E-state index contributed by atoms with van der Waals surface area (Å²) in [6.45, 7) is 3.69. The van der Waals surface area contributed by atoms with Crippen LogP contribution in [0, 0.1) is 5.92 Å². The molecule has 6 nitrogen and oxygen atoms in total. The lowest BCUT2D eigenvalue weighted by atomic mass is 9.77. The summed E-state index contributed by atoms with van der Waals surface area (Å²) in [5.74, 6) is -0.992. The largest absolute Gasteiger partial charge is 0.480 e. The SMILES string of the molecule is CC(=O)NCCC(=O)NC1(C(=O)O)CCC(C)CC1. The van der Waals surface area contributed by atoms with Crippen LogP contribution in [-0.4, -0.2) is 35.0 Å². The Balaban J connectivity index is 2.52. The topological polar surface area (TPSA) is 95.5 Å². The Labute approximate surface area is 112 Å². The molecular weight excluding hydrogens is 248 g/mol. The van der Waals surface area contributed by atoms with Crippen LogP contribution >= 0.6 is 0 Å². The van der Waals surface area contributed by atoms with Crippen LogP contribution in [-0.2, 0) is 14.4 Å². The van der Waals surface area contributed by atoms with Gasteiger partial charge in [0.05, 0.1) is 0 Å². The highest BCUT2D eigenvalue weighted by molar-refractivity contribution is 5.87. The maximum absolute atomic E-state index is 11.8. The summed E-state index contributed by atoms with van der Waals surface area (Å²) >= 11 is 0. The molecule has 0 bridgehead atoms. The Kier molecular flexibility index (Phi) is 5.32. The quantitative estimate of drug-likeness (QED) is 0.684. The van der Waals surface area contributed by atoms with E-state index in [-0.39, 0.29) is 24.8 Å². The highest BCUT2D eigenvalue weighted by Gasteiger charge is 2.42. The number of aliphatic carboxylic acids is 1. The monoisotopic (exact) mass is 270 g/mol. The highest BCUT2D eigenvalue weighted by atomic mass is 16.4. The van der Waals surface area contributed by atoms with Crippen molar-refractivity contribution in [2.45, 2.75) is 51.5 Å². The van der Waals surface area contributed by atoms with E-state index >= 15 is 0 Å². The molecule has 0 spiro atoms. The number of nitrogens with one attached hydrogen (secondary N) is 2. The van der Waals surface area contributed by atoms with E-state index in [1.54, 1.807) is 0 Å². The number of carboxylic acid groups (broad SMARTS) is 1. The molecule has 1 saturated carbocycles. The molecule has 0 aromatic heterocycles. The minimum Gasteiger partial charge on any atom is -0.480 e. The van der Waals surface area contributed by atoms with Gasteiger partial charge in [-0.25, -0.2) is 4.79 Å². The van der Waals surface area contributed by atoms with Crippen molar-refractivity contribution in [2.75, 3.05) is 6.54 Å². The van der Waals surface area contributed by atoms with Gasteiger partial charge in [-0.1, -0.05) is 6.92 Å². The highest BCUT2D eigenvalue weighted by Crippen LogP contribution is 2.32.